The maximum absolute atomic E-state index is 13.0. The number of allylic oxidation sites excluding steroid dienone is 2. The summed E-state index contributed by atoms with van der Waals surface area (Å²) in [5.41, 5.74) is 10.8. The van der Waals surface area contributed by atoms with Crippen LogP contribution in [0.25, 0.3) is 5.57 Å². The van der Waals surface area contributed by atoms with Gasteiger partial charge in [-0.15, -0.1) is 0 Å². The molecule has 154 valence electrons. The largest absolute Gasteiger partial charge is 0.505 e. The number of hydrogen-bond acceptors (Lipinski definition) is 5. The number of benzene rings is 1. The highest BCUT2D eigenvalue weighted by Crippen LogP contribution is 2.26. The summed E-state index contributed by atoms with van der Waals surface area (Å²) in [5.74, 6) is -1.92. The highest BCUT2D eigenvalue weighted by Gasteiger charge is 2.24. The molecule has 0 amide bonds. The molecule has 2 rings (SSSR count). The van der Waals surface area contributed by atoms with Crippen molar-refractivity contribution in [2.24, 2.45) is 16.8 Å². The van der Waals surface area contributed by atoms with E-state index >= 15 is 0 Å². The minimum absolute atomic E-state index is 0.0825. The van der Waals surface area contributed by atoms with E-state index in [0.29, 0.717) is 5.92 Å². The minimum atomic E-state index is -0.956. The Morgan fingerprint density at radius 2 is 2.07 bits per heavy atom. The molecule has 0 spiro atoms. The lowest BCUT2D eigenvalue weighted by Crippen LogP contribution is -2.31. The van der Waals surface area contributed by atoms with Gasteiger partial charge >= 0.3 is 0 Å². The van der Waals surface area contributed by atoms with E-state index in [4.69, 9.17) is 16.2 Å². The molecule has 0 aromatic heterocycles. The van der Waals surface area contributed by atoms with Gasteiger partial charge in [0, 0.05) is 29.6 Å². The molecule has 1 heterocycles. The van der Waals surface area contributed by atoms with Gasteiger partial charge in [0.15, 0.2) is 11.6 Å². The van der Waals surface area contributed by atoms with Crippen molar-refractivity contribution in [1.82, 2.24) is 5.43 Å². The maximum Gasteiger partial charge on any atom is 0.175 e. The van der Waals surface area contributed by atoms with Crippen LogP contribution in [-0.2, 0) is 0 Å². The third kappa shape index (κ3) is 6.18. The topological polar surface area (TPSA) is 94.5 Å². The lowest BCUT2D eigenvalue weighted by molar-refractivity contribution is 0.426. The summed E-state index contributed by atoms with van der Waals surface area (Å²) in [6.45, 7) is 9.12. The zero-order valence-electron chi connectivity index (χ0n) is 16.7. The van der Waals surface area contributed by atoms with E-state index in [9.17, 15) is 8.78 Å². The predicted molar refractivity (Wildman–Crippen MR) is 111 cm³/mol. The number of nitrogens with one attached hydrogen (secondary N) is 2. The number of phenols is 1. The summed E-state index contributed by atoms with van der Waals surface area (Å²) < 4.78 is 25.8. The van der Waals surface area contributed by atoms with Crippen LogP contribution < -0.4 is 11.2 Å². The van der Waals surface area contributed by atoms with E-state index in [1.165, 1.54) is 26.0 Å². The first kappa shape index (κ1) is 23.3. The molecule has 1 aliphatic rings. The second-order valence-electron chi connectivity index (χ2n) is 6.86. The molecule has 5 N–H and O–H groups in total. The van der Waals surface area contributed by atoms with Gasteiger partial charge < -0.3 is 21.7 Å². The van der Waals surface area contributed by atoms with Crippen molar-refractivity contribution in [3.63, 3.8) is 0 Å². The molecular formula is C21H30F2N4O. The van der Waals surface area contributed by atoms with E-state index in [-0.39, 0.29) is 17.2 Å². The number of unbranched alkanes of at least 4 members (excludes halogenated alkanes) is 2. The van der Waals surface area contributed by atoms with Gasteiger partial charge in [0.05, 0.1) is 11.6 Å². The van der Waals surface area contributed by atoms with Crippen LogP contribution in [0.3, 0.4) is 0 Å². The molecule has 0 radical (unpaired) electrons. The van der Waals surface area contributed by atoms with E-state index in [1.54, 1.807) is 0 Å². The molecule has 7 heteroatoms. The summed E-state index contributed by atoms with van der Waals surface area (Å²) in [5, 5.41) is 20.4. The summed E-state index contributed by atoms with van der Waals surface area (Å²) >= 11 is 0. The van der Waals surface area contributed by atoms with Crippen LogP contribution >= 0.6 is 0 Å². The van der Waals surface area contributed by atoms with Crippen LogP contribution in [0, 0.1) is 23.0 Å². The molecule has 1 aromatic carbocycles. The Morgan fingerprint density at radius 3 is 2.54 bits per heavy atom. The van der Waals surface area contributed by atoms with Crippen molar-refractivity contribution in [2.75, 3.05) is 0 Å². The van der Waals surface area contributed by atoms with Crippen molar-refractivity contribution < 1.29 is 13.9 Å². The number of aromatic hydroxyl groups is 1. The lowest BCUT2D eigenvalue weighted by atomic mass is 9.94. The summed E-state index contributed by atoms with van der Waals surface area (Å²) in [6.07, 6.45) is 7.59. The van der Waals surface area contributed by atoms with Crippen molar-refractivity contribution >= 4 is 18.0 Å². The first-order valence-corrected chi connectivity index (χ1v) is 9.35. The van der Waals surface area contributed by atoms with Crippen LogP contribution in [0.1, 0.15) is 52.0 Å². The summed E-state index contributed by atoms with van der Waals surface area (Å²) in [6, 6.07) is 2.05. The maximum atomic E-state index is 13.0. The average molecular weight is 392 g/mol. The number of halogens is 2. The van der Waals surface area contributed by atoms with Crippen LogP contribution in [0.2, 0.25) is 0 Å². The smallest absolute Gasteiger partial charge is 0.175 e. The summed E-state index contributed by atoms with van der Waals surface area (Å²) in [7, 11) is 0. The number of rotatable bonds is 7. The second kappa shape index (κ2) is 11.2. The number of hydrazone groups is 1. The van der Waals surface area contributed by atoms with Gasteiger partial charge in [-0.2, -0.15) is 5.10 Å². The normalized spacial score (nSPS) is 18.6. The van der Waals surface area contributed by atoms with Gasteiger partial charge in [0.2, 0.25) is 0 Å². The van der Waals surface area contributed by atoms with Crippen molar-refractivity contribution in [2.45, 2.75) is 52.5 Å². The molecule has 1 aromatic rings. The highest BCUT2D eigenvalue weighted by molar-refractivity contribution is 5.81. The monoisotopic (exact) mass is 392 g/mol. The van der Waals surface area contributed by atoms with Crippen LogP contribution in [0.4, 0.5) is 8.78 Å². The van der Waals surface area contributed by atoms with Crippen molar-refractivity contribution in [1.29, 1.82) is 5.41 Å². The molecule has 28 heavy (non-hydrogen) atoms. The molecule has 0 fully saturated rings. The molecule has 0 saturated carbocycles. The third-order valence-electron chi connectivity index (χ3n) is 4.46. The Morgan fingerprint density at radius 1 is 1.39 bits per heavy atom. The SMILES string of the molecule is C=C(C)c1c(F)ccc(O)c1F.CCCCC/C(N)=C(/C=N)C1NN=CC1C. The van der Waals surface area contributed by atoms with Gasteiger partial charge in [0.25, 0.3) is 0 Å². The first-order valence-electron chi connectivity index (χ1n) is 9.35. The Balaban J connectivity index is 0.000000292. The second-order valence-corrected chi connectivity index (χ2v) is 6.86. The predicted octanol–water partition coefficient (Wildman–Crippen LogP) is 4.73. The zero-order valence-corrected chi connectivity index (χ0v) is 16.7. The Hall–Kier alpha value is -2.70. The average Bonchev–Trinajstić information content (AvgIpc) is 3.06. The Bertz CT molecular complexity index is 759. The fourth-order valence-corrected chi connectivity index (χ4v) is 2.82. The minimum Gasteiger partial charge on any atom is -0.505 e. The van der Waals surface area contributed by atoms with Gasteiger partial charge in [-0.25, -0.2) is 8.78 Å². The third-order valence-corrected chi connectivity index (χ3v) is 4.46. The number of phenolic OH excluding ortho intramolecular Hbond substituents is 1. The van der Waals surface area contributed by atoms with Gasteiger partial charge in [-0.3, -0.25) is 0 Å². The first-order chi connectivity index (χ1) is 13.2. The molecule has 0 aliphatic carbocycles. The van der Waals surface area contributed by atoms with E-state index in [0.717, 1.165) is 36.2 Å². The van der Waals surface area contributed by atoms with Gasteiger partial charge in [-0.05, 0) is 37.5 Å². The van der Waals surface area contributed by atoms with Gasteiger partial charge in [0.1, 0.15) is 5.82 Å². The van der Waals surface area contributed by atoms with Crippen LogP contribution in [-0.4, -0.2) is 23.6 Å². The summed E-state index contributed by atoms with van der Waals surface area (Å²) in [4.78, 5) is 0. The van der Waals surface area contributed by atoms with E-state index < -0.39 is 17.4 Å². The molecule has 2 atom stereocenters. The lowest BCUT2D eigenvalue weighted by Gasteiger charge is -2.18. The number of nitrogens with zero attached hydrogens (tertiary/aromatic N) is 1. The highest BCUT2D eigenvalue weighted by atomic mass is 19.1. The Labute approximate surface area is 165 Å². The molecule has 0 bridgehead atoms. The van der Waals surface area contributed by atoms with Crippen molar-refractivity contribution in [3.05, 3.63) is 47.2 Å². The number of hydrogen-bond donors (Lipinski definition) is 4. The molecule has 5 nitrogen and oxygen atoms in total. The standard InChI is InChI=1S/C12H22N4.C9H8F2O/c1-3-4-5-6-11(14)10(7-13)12-9(2)8-15-16-12;1-5(2)8-6(10)3-4-7(12)9(8)11/h7-9,12-13,16H,3-6,14H2,1-2H3;3-4,12H,1H2,2H3/b11-10+,13-7?;. The number of nitrogens with two attached hydrogens (primary N) is 1. The van der Waals surface area contributed by atoms with E-state index in [1.807, 2.05) is 6.21 Å². The quantitative estimate of drug-likeness (QED) is 0.399. The Kier molecular flexibility index (Phi) is 9.35. The molecule has 0 saturated heterocycles. The molecule has 2 unspecified atom stereocenters. The van der Waals surface area contributed by atoms with Crippen molar-refractivity contribution in [3.8, 4) is 5.75 Å². The van der Waals surface area contributed by atoms with Crippen LogP contribution in [0.5, 0.6) is 5.75 Å². The molecular weight excluding hydrogens is 362 g/mol. The zero-order chi connectivity index (χ0) is 21.3. The van der Waals surface area contributed by atoms with Gasteiger partial charge in [-0.1, -0.05) is 33.3 Å². The fourth-order valence-electron chi connectivity index (χ4n) is 2.82. The van der Waals surface area contributed by atoms with E-state index in [2.05, 4.69) is 31.0 Å². The fraction of sp³-hybridized carbons (Fsp3) is 0.429. The van der Waals surface area contributed by atoms with Crippen LogP contribution in [0.15, 0.2) is 35.1 Å². The molecule has 1 aliphatic heterocycles.